The molecule has 0 fully saturated rings. The summed E-state index contributed by atoms with van der Waals surface area (Å²) in [4.78, 5) is 4.57. The molecular formula is C19H13ClN2O. The van der Waals surface area contributed by atoms with Crippen molar-refractivity contribution in [2.75, 3.05) is 5.73 Å². The number of fused-ring (bicyclic) bond motifs is 1. The quantitative estimate of drug-likeness (QED) is 0.503. The highest BCUT2D eigenvalue weighted by atomic mass is 35.5. The van der Waals surface area contributed by atoms with Gasteiger partial charge in [0.2, 0.25) is 5.89 Å². The molecule has 4 heteroatoms. The summed E-state index contributed by atoms with van der Waals surface area (Å²) in [5.74, 6) is 0.536. The van der Waals surface area contributed by atoms with Gasteiger partial charge in [-0.2, -0.15) is 0 Å². The lowest BCUT2D eigenvalue weighted by molar-refractivity contribution is 0.620. The van der Waals surface area contributed by atoms with Gasteiger partial charge in [-0.15, -0.1) is 0 Å². The largest absolute Gasteiger partial charge is 0.436 e. The number of aromatic nitrogens is 1. The van der Waals surface area contributed by atoms with Crippen molar-refractivity contribution >= 4 is 28.4 Å². The second-order valence-corrected chi connectivity index (χ2v) is 5.71. The van der Waals surface area contributed by atoms with Gasteiger partial charge < -0.3 is 10.2 Å². The first-order chi connectivity index (χ1) is 11.2. The summed E-state index contributed by atoms with van der Waals surface area (Å²) in [5.41, 5.74) is 11.0. The fraction of sp³-hybridized carbons (Fsp3) is 0. The van der Waals surface area contributed by atoms with Crippen molar-refractivity contribution in [3.8, 4) is 22.6 Å². The molecule has 0 saturated heterocycles. The first-order valence-corrected chi connectivity index (χ1v) is 7.60. The van der Waals surface area contributed by atoms with Crippen LogP contribution >= 0.6 is 11.6 Å². The van der Waals surface area contributed by atoms with Gasteiger partial charge >= 0.3 is 0 Å². The molecule has 0 radical (unpaired) electrons. The van der Waals surface area contributed by atoms with Crippen molar-refractivity contribution in [3.63, 3.8) is 0 Å². The van der Waals surface area contributed by atoms with Crippen LogP contribution in [0.4, 0.5) is 5.69 Å². The van der Waals surface area contributed by atoms with Gasteiger partial charge in [0.15, 0.2) is 5.58 Å². The second kappa shape index (κ2) is 5.45. The maximum absolute atomic E-state index is 5.96. The van der Waals surface area contributed by atoms with E-state index in [1.807, 2.05) is 42.5 Å². The summed E-state index contributed by atoms with van der Waals surface area (Å²) >= 11 is 5.96. The van der Waals surface area contributed by atoms with Gasteiger partial charge in [0.05, 0.1) is 10.7 Å². The van der Waals surface area contributed by atoms with Crippen molar-refractivity contribution in [1.82, 2.24) is 4.98 Å². The highest BCUT2D eigenvalue weighted by molar-refractivity contribution is 6.33. The zero-order valence-electron chi connectivity index (χ0n) is 12.2. The van der Waals surface area contributed by atoms with Crippen LogP contribution in [-0.2, 0) is 0 Å². The number of rotatable bonds is 2. The van der Waals surface area contributed by atoms with Crippen LogP contribution in [0, 0.1) is 0 Å². The van der Waals surface area contributed by atoms with E-state index in [1.54, 1.807) is 12.1 Å². The Balaban J connectivity index is 1.80. The van der Waals surface area contributed by atoms with E-state index in [0.717, 1.165) is 27.8 Å². The number of nitrogen functional groups attached to an aromatic ring is 1. The molecule has 3 nitrogen and oxygen atoms in total. The standard InChI is InChI=1S/C19H13ClN2O/c20-15-8-6-14(10-16(15)21)19-22-17-11-13(7-9-18(17)23-19)12-4-2-1-3-5-12/h1-11H,21H2. The second-order valence-electron chi connectivity index (χ2n) is 5.30. The van der Waals surface area contributed by atoms with E-state index in [0.29, 0.717) is 16.6 Å². The molecule has 0 aliphatic carbocycles. The Morgan fingerprint density at radius 2 is 1.61 bits per heavy atom. The minimum atomic E-state index is 0.511. The summed E-state index contributed by atoms with van der Waals surface area (Å²) in [7, 11) is 0. The van der Waals surface area contributed by atoms with Gasteiger partial charge in [0.25, 0.3) is 0 Å². The first kappa shape index (κ1) is 13.9. The molecule has 23 heavy (non-hydrogen) atoms. The number of anilines is 1. The van der Waals surface area contributed by atoms with Crippen molar-refractivity contribution in [1.29, 1.82) is 0 Å². The zero-order chi connectivity index (χ0) is 15.8. The molecule has 112 valence electrons. The number of oxazole rings is 1. The molecule has 1 heterocycles. The van der Waals surface area contributed by atoms with E-state index in [1.165, 1.54) is 0 Å². The predicted molar refractivity (Wildman–Crippen MR) is 94.3 cm³/mol. The Kier molecular flexibility index (Phi) is 3.28. The van der Waals surface area contributed by atoms with Crippen LogP contribution < -0.4 is 5.73 Å². The normalized spacial score (nSPS) is 11.0. The molecule has 3 aromatic carbocycles. The topological polar surface area (TPSA) is 52.0 Å². The fourth-order valence-electron chi connectivity index (χ4n) is 2.54. The van der Waals surface area contributed by atoms with Gasteiger partial charge in [0.1, 0.15) is 5.52 Å². The third kappa shape index (κ3) is 2.56. The number of nitrogens with two attached hydrogens (primary N) is 1. The molecule has 0 saturated carbocycles. The Morgan fingerprint density at radius 1 is 0.826 bits per heavy atom. The van der Waals surface area contributed by atoms with Crippen LogP contribution in [0.5, 0.6) is 0 Å². The van der Waals surface area contributed by atoms with E-state index in [2.05, 4.69) is 17.1 Å². The molecule has 0 unspecified atom stereocenters. The number of benzene rings is 3. The molecule has 0 atom stereocenters. The molecule has 1 aromatic heterocycles. The first-order valence-electron chi connectivity index (χ1n) is 7.22. The van der Waals surface area contributed by atoms with E-state index in [9.17, 15) is 0 Å². The SMILES string of the molecule is Nc1cc(-c2nc3cc(-c4ccccc4)ccc3o2)ccc1Cl. The Bertz CT molecular complexity index is 993. The summed E-state index contributed by atoms with van der Waals surface area (Å²) < 4.78 is 5.83. The molecule has 0 bridgehead atoms. The summed E-state index contributed by atoms with van der Waals surface area (Å²) in [6.07, 6.45) is 0. The molecule has 4 rings (SSSR count). The molecular weight excluding hydrogens is 308 g/mol. The lowest BCUT2D eigenvalue weighted by Crippen LogP contribution is -1.87. The smallest absolute Gasteiger partial charge is 0.227 e. The van der Waals surface area contributed by atoms with Gasteiger partial charge in [0, 0.05) is 5.56 Å². The van der Waals surface area contributed by atoms with Crippen LogP contribution in [-0.4, -0.2) is 4.98 Å². The van der Waals surface area contributed by atoms with Crippen LogP contribution in [0.1, 0.15) is 0 Å². The average Bonchev–Trinajstić information content (AvgIpc) is 3.01. The van der Waals surface area contributed by atoms with Gasteiger partial charge in [-0.05, 0) is 41.5 Å². The number of hydrogen-bond acceptors (Lipinski definition) is 3. The van der Waals surface area contributed by atoms with E-state index >= 15 is 0 Å². The highest BCUT2D eigenvalue weighted by Gasteiger charge is 2.10. The minimum Gasteiger partial charge on any atom is -0.436 e. The van der Waals surface area contributed by atoms with Crippen molar-refractivity contribution < 1.29 is 4.42 Å². The summed E-state index contributed by atoms with van der Waals surface area (Å²) in [6.45, 7) is 0. The highest BCUT2D eigenvalue weighted by Crippen LogP contribution is 2.30. The zero-order valence-corrected chi connectivity index (χ0v) is 12.9. The monoisotopic (exact) mass is 320 g/mol. The molecule has 0 aliphatic rings. The Labute approximate surface area is 138 Å². The van der Waals surface area contributed by atoms with E-state index < -0.39 is 0 Å². The maximum Gasteiger partial charge on any atom is 0.227 e. The molecule has 0 amide bonds. The molecule has 2 N–H and O–H groups in total. The van der Waals surface area contributed by atoms with Gasteiger partial charge in [-0.3, -0.25) is 0 Å². The summed E-state index contributed by atoms with van der Waals surface area (Å²) in [6, 6.07) is 21.5. The number of nitrogens with zero attached hydrogens (tertiary/aromatic N) is 1. The average molecular weight is 321 g/mol. The maximum atomic E-state index is 5.96. The van der Waals surface area contributed by atoms with Gasteiger partial charge in [-0.1, -0.05) is 48.0 Å². The van der Waals surface area contributed by atoms with Crippen molar-refractivity contribution in [2.45, 2.75) is 0 Å². The Morgan fingerprint density at radius 3 is 2.39 bits per heavy atom. The van der Waals surface area contributed by atoms with Crippen LogP contribution in [0.15, 0.2) is 71.1 Å². The van der Waals surface area contributed by atoms with Crippen molar-refractivity contribution in [2.24, 2.45) is 0 Å². The number of hydrogen-bond donors (Lipinski definition) is 1. The summed E-state index contributed by atoms with van der Waals surface area (Å²) in [5, 5.41) is 0.524. The molecule has 4 aromatic rings. The minimum absolute atomic E-state index is 0.511. The van der Waals surface area contributed by atoms with Crippen LogP contribution in [0.3, 0.4) is 0 Å². The van der Waals surface area contributed by atoms with E-state index in [4.69, 9.17) is 21.8 Å². The molecule has 0 aliphatic heterocycles. The van der Waals surface area contributed by atoms with Crippen LogP contribution in [0.25, 0.3) is 33.7 Å². The van der Waals surface area contributed by atoms with Crippen molar-refractivity contribution in [3.05, 3.63) is 71.8 Å². The molecule has 0 spiro atoms. The third-order valence-corrected chi connectivity index (χ3v) is 4.08. The predicted octanol–water partition coefficient (Wildman–Crippen LogP) is 5.40. The van der Waals surface area contributed by atoms with E-state index in [-0.39, 0.29) is 0 Å². The van der Waals surface area contributed by atoms with Crippen LogP contribution in [0.2, 0.25) is 5.02 Å². The lowest BCUT2D eigenvalue weighted by Gasteiger charge is -1.99. The number of halogens is 1. The Hall–Kier alpha value is -2.78. The van der Waals surface area contributed by atoms with Gasteiger partial charge in [-0.25, -0.2) is 4.98 Å². The fourth-order valence-corrected chi connectivity index (χ4v) is 2.66. The third-order valence-electron chi connectivity index (χ3n) is 3.74. The lowest BCUT2D eigenvalue weighted by atomic mass is 10.1.